The Bertz CT molecular complexity index is 1930. The van der Waals surface area contributed by atoms with Crippen molar-refractivity contribution in [1.82, 2.24) is 0 Å². The number of hydrogen-bond donors (Lipinski definition) is 3. The molecule has 17 nitrogen and oxygen atoms in total. The molecule has 101 heavy (non-hydrogen) atoms. The average molecular weight is 1480 g/mol. The number of unbranched alkanes of at least 4 members (excludes halogenated alkanes) is 54. The predicted molar refractivity (Wildman–Crippen MR) is 414 cm³/mol. The van der Waals surface area contributed by atoms with Crippen LogP contribution in [-0.4, -0.2) is 96.7 Å². The number of phosphoric ester groups is 2. The van der Waals surface area contributed by atoms with Crippen LogP contribution in [0.1, 0.15) is 439 Å². The highest BCUT2D eigenvalue weighted by atomic mass is 31.2. The average Bonchev–Trinajstić information content (AvgIpc) is 0.922. The number of rotatable bonds is 82. The van der Waals surface area contributed by atoms with Crippen LogP contribution in [0, 0.1) is 5.92 Å². The van der Waals surface area contributed by atoms with Crippen LogP contribution in [0.25, 0.3) is 0 Å². The maximum atomic E-state index is 13.1. The number of ether oxygens (including phenoxy) is 4. The molecule has 5 atom stereocenters. The van der Waals surface area contributed by atoms with Gasteiger partial charge in [-0.25, -0.2) is 9.13 Å². The van der Waals surface area contributed by atoms with Gasteiger partial charge in [-0.3, -0.25) is 37.3 Å². The first-order chi connectivity index (χ1) is 49.0. The van der Waals surface area contributed by atoms with Crippen LogP contribution in [0.2, 0.25) is 0 Å². The van der Waals surface area contributed by atoms with Gasteiger partial charge in [0, 0.05) is 25.7 Å². The van der Waals surface area contributed by atoms with Crippen molar-refractivity contribution in [3.8, 4) is 0 Å². The van der Waals surface area contributed by atoms with Gasteiger partial charge in [0.05, 0.1) is 26.4 Å². The van der Waals surface area contributed by atoms with Crippen molar-refractivity contribution in [3.63, 3.8) is 0 Å². The van der Waals surface area contributed by atoms with E-state index < -0.39 is 97.5 Å². The number of carbonyl (C=O) groups excluding carboxylic acids is 4. The maximum Gasteiger partial charge on any atom is 0.472 e. The third-order valence-corrected chi connectivity index (χ3v) is 21.2. The van der Waals surface area contributed by atoms with Gasteiger partial charge in [-0.05, 0) is 31.6 Å². The highest BCUT2D eigenvalue weighted by Gasteiger charge is 2.30. The molecular formula is C82H160O17P2. The van der Waals surface area contributed by atoms with E-state index in [-0.39, 0.29) is 25.7 Å². The van der Waals surface area contributed by atoms with Gasteiger partial charge in [0.15, 0.2) is 12.2 Å². The fourth-order valence-corrected chi connectivity index (χ4v) is 14.3. The van der Waals surface area contributed by atoms with Crippen molar-refractivity contribution in [2.45, 2.75) is 457 Å². The molecule has 0 saturated heterocycles. The minimum absolute atomic E-state index is 0.108. The first kappa shape index (κ1) is 99.1. The second-order valence-corrected chi connectivity index (χ2v) is 32.9. The van der Waals surface area contributed by atoms with E-state index in [2.05, 4.69) is 34.6 Å². The summed E-state index contributed by atoms with van der Waals surface area (Å²) in [5.41, 5.74) is 0. The maximum absolute atomic E-state index is 13.1. The van der Waals surface area contributed by atoms with Crippen molar-refractivity contribution in [2.75, 3.05) is 39.6 Å². The molecule has 0 aliphatic heterocycles. The summed E-state index contributed by atoms with van der Waals surface area (Å²) in [7, 11) is -9.91. The second kappa shape index (κ2) is 74.9. The van der Waals surface area contributed by atoms with Crippen LogP contribution in [0.4, 0.5) is 0 Å². The molecule has 0 aliphatic carbocycles. The Morgan fingerprint density at radius 1 is 0.267 bits per heavy atom. The zero-order valence-electron chi connectivity index (χ0n) is 66.1. The first-order valence-electron chi connectivity index (χ1n) is 42.6. The summed E-state index contributed by atoms with van der Waals surface area (Å²) in [5.74, 6) is -1.29. The van der Waals surface area contributed by atoms with E-state index in [0.29, 0.717) is 25.7 Å². The molecule has 0 bridgehead atoms. The Balaban J connectivity index is 5.15. The summed E-state index contributed by atoms with van der Waals surface area (Å²) in [5, 5.41) is 10.6. The molecule has 0 saturated carbocycles. The minimum Gasteiger partial charge on any atom is -0.462 e. The number of esters is 4. The van der Waals surface area contributed by atoms with Gasteiger partial charge in [0.25, 0.3) is 0 Å². The minimum atomic E-state index is -4.96. The molecule has 0 fully saturated rings. The Kier molecular flexibility index (Phi) is 73.5. The monoisotopic (exact) mass is 1480 g/mol. The summed E-state index contributed by atoms with van der Waals surface area (Å²) in [6.07, 6.45) is 66.9. The third-order valence-electron chi connectivity index (χ3n) is 19.3. The van der Waals surface area contributed by atoms with Crippen LogP contribution in [0.3, 0.4) is 0 Å². The number of carbonyl (C=O) groups is 4. The summed E-state index contributed by atoms with van der Waals surface area (Å²) in [6.45, 7) is 7.33. The number of hydrogen-bond acceptors (Lipinski definition) is 15. The van der Waals surface area contributed by atoms with Crippen LogP contribution in [-0.2, 0) is 65.4 Å². The van der Waals surface area contributed by atoms with Gasteiger partial charge in [0.1, 0.15) is 19.3 Å². The van der Waals surface area contributed by atoms with Crippen molar-refractivity contribution >= 4 is 39.5 Å². The number of aliphatic hydroxyl groups excluding tert-OH is 1. The molecule has 0 amide bonds. The van der Waals surface area contributed by atoms with Gasteiger partial charge in [0.2, 0.25) is 0 Å². The molecule has 600 valence electrons. The molecular weight excluding hydrogens is 1320 g/mol. The van der Waals surface area contributed by atoms with Gasteiger partial charge in [-0.2, -0.15) is 0 Å². The molecule has 0 aliphatic rings. The SMILES string of the molecule is CCCCCCCCCCCCCCCCCCCCCCC(=O)OC[C@H](COP(=O)(O)OC[C@@H](O)COP(=O)(O)OC[C@@H](COC(=O)CCCCCCCCC)OC(=O)CCCCCCCCCCCCCCC)OC(=O)CCCCCCCCCCCCCCCCCCCCC(C)C. The topological polar surface area (TPSA) is 237 Å². The molecule has 0 radical (unpaired) electrons. The van der Waals surface area contributed by atoms with E-state index in [4.69, 9.17) is 37.0 Å². The smallest absolute Gasteiger partial charge is 0.462 e. The molecule has 3 N–H and O–H groups in total. The van der Waals surface area contributed by atoms with E-state index in [9.17, 15) is 43.2 Å². The molecule has 0 aromatic carbocycles. The van der Waals surface area contributed by atoms with Gasteiger partial charge in [-0.15, -0.1) is 0 Å². The molecule has 0 spiro atoms. The molecule has 0 rings (SSSR count). The summed E-state index contributed by atoms with van der Waals surface area (Å²) >= 11 is 0. The van der Waals surface area contributed by atoms with Crippen LogP contribution in [0.15, 0.2) is 0 Å². The predicted octanol–water partition coefficient (Wildman–Crippen LogP) is 24.8. The molecule has 0 aromatic heterocycles. The van der Waals surface area contributed by atoms with E-state index >= 15 is 0 Å². The fourth-order valence-electron chi connectivity index (χ4n) is 12.8. The Morgan fingerprint density at radius 3 is 0.673 bits per heavy atom. The van der Waals surface area contributed by atoms with E-state index in [0.717, 1.165) is 109 Å². The fraction of sp³-hybridized carbons (Fsp3) is 0.951. The van der Waals surface area contributed by atoms with Gasteiger partial charge < -0.3 is 33.8 Å². The van der Waals surface area contributed by atoms with Crippen molar-refractivity contribution in [1.29, 1.82) is 0 Å². The summed E-state index contributed by atoms with van der Waals surface area (Å²) < 4.78 is 68.6. The summed E-state index contributed by atoms with van der Waals surface area (Å²) in [6, 6.07) is 0. The van der Waals surface area contributed by atoms with E-state index in [1.165, 1.54) is 250 Å². The Labute approximate surface area is 619 Å². The van der Waals surface area contributed by atoms with Crippen molar-refractivity contribution < 1.29 is 80.2 Å². The van der Waals surface area contributed by atoms with Crippen LogP contribution in [0.5, 0.6) is 0 Å². The molecule has 0 aromatic rings. The lowest BCUT2D eigenvalue weighted by Gasteiger charge is -2.21. The standard InChI is InChI=1S/C82H160O17P2/c1-6-9-12-15-18-20-22-24-25-26-27-28-32-35-39-42-46-51-56-61-66-80(85)93-72-78(99-82(87)68-63-58-53-48-44-40-36-33-30-29-31-34-38-41-45-50-54-59-64-75(4)5)74-97-101(90,91)95-70-76(83)69-94-100(88,89)96-73-77(71-92-79(84)65-60-55-49-17-14-11-8-3)98-81(86)67-62-57-52-47-43-37-23-21-19-16-13-10-7-2/h75-78,83H,6-74H2,1-5H3,(H,88,89)(H,90,91)/t76-,77+,78+/m0/s1. The largest absolute Gasteiger partial charge is 0.472 e. The molecule has 0 heterocycles. The summed E-state index contributed by atoms with van der Waals surface area (Å²) in [4.78, 5) is 72.9. The first-order valence-corrected chi connectivity index (χ1v) is 45.6. The second-order valence-electron chi connectivity index (χ2n) is 30.0. The van der Waals surface area contributed by atoms with E-state index in [1.54, 1.807) is 0 Å². The normalized spacial score (nSPS) is 13.8. The lowest BCUT2D eigenvalue weighted by Crippen LogP contribution is -2.30. The zero-order valence-corrected chi connectivity index (χ0v) is 67.8. The number of phosphoric acid groups is 2. The molecule has 2 unspecified atom stereocenters. The van der Waals surface area contributed by atoms with Gasteiger partial charge in [-0.1, -0.05) is 388 Å². The van der Waals surface area contributed by atoms with Crippen LogP contribution >= 0.6 is 15.6 Å². The Hall–Kier alpha value is -1.94. The van der Waals surface area contributed by atoms with Crippen molar-refractivity contribution in [3.05, 3.63) is 0 Å². The third kappa shape index (κ3) is 76.1. The van der Waals surface area contributed by atoms with Crippen LogP contribution < -0.4 is 0 Å². The van der Waals surface area contributed by atoms with Crippen molar-refractivity contribution in [2.24, 2.45) is 5.92 Å². The van der Waals surface area contributed by atoms with E-state index in [1.807, 2.05) is 0 Å². The Morgan fingerprint density at radius 2 is 0.455 bits per heavy atom. The zero-order chi connectivity index (χ0) is 74.1. The number of aliphatic hydroxyl groups is 1. The lowest BCUT2D eigenvalue weighted by atomic mass is 10.0. The van der Waals surface area contributed by atoms with Gasteiger partial charge >= 0.3 is 39.5 Å². The molecule has 19 heteroatoms. The lowest BCUT2D eigenvalue weighted by molar-refractivity contribution is -0.161. The highest BCUT2D eigenvalue weighted by molar-refractivity contribution is 7.47. The highest BCUT2D eigenvalue weighted by Crippen LogP contribution is 2.45. The quantitative estimate of drug-likeness (QED) is 0.0222.